The van der Waals surface area contributed by atoms with Crippen LogP contribution in [0.15, 0.2) is 0 Å². The molecular weight excluding hydrogens is 985 g/mol. The first-order valence-electron chi connectivity index (χ1n) is 2.00. The molecule has 0 aromatic rings. The van der Waals surface area contributed by atoms with E-state index in [1.165, 1.54) is 0 Å². The van der Waals surface area contributed by atoms with Crippen LogP contribution in [-0.4, -0.2) is 0 Å². The van der Waals surface area contributed by atoms with E-state index in [0.717, 1.165) is 12.8 Å². The molecule has 0 amide bonds. The molecule has 0 N–H and O–H groups in total. The molecule has 0 nitrogen and oxygen atoms in total. The first-order valence-corrected chi connectivity index (χ1v) is 2.00. The third-order valence-electron chi connectivity index (χ3n) is 0. The number of hydrogen-bond acceptors (Lipinski definition) is 0. The Kier molecular flexibility index (Phi) is 676. The van der Waals surface area contributed by atoms with E-state index in [1.807, 2.05) is 0 Å². The summed E-state index contributed by atoms with van der Waals surface area (Å²) in [7, 11) is 0. The first-order chi connectivity index (χ1) is 2.83. The van der Waals surface area contributed by atoms with Gasteiger partial charge in [0.05, 0.1) is 0 Å². The largest absolute Gasteiger partial charge is 0.372 e. The van der Waals surface area contributed by atoms with E-state index in [1.54, 1.807) is 0 Å². The maximum absolute atomic E-state index is 3.38. The summed E-state index contributed by atoms with van der Waals surface area (Å²) in [4.78, 5) is 0. The van der Waals surface area contributed by atoms with Gasteiger partial charge in [-0.05, 0) is 0 Å². The summed E-state index contributed by atoms with van der Waals surface area (Å²) in [5.41, 5.74) is 0. The van der Waals surface area contributed by atoms with Crippen molar-refractivity contribution in [3.8, 4) is 0 Å². The van der Waals surface area contributed by atoms with Crippen molar-refractivity contribution in [3.05, 3.63) is 42.5 Å². The molecule has 0 atom stereocenters. The van der Waals surface area contributed by atoms with Gasteiger partial charge in [0.2, 0.25) is 0 Å². The van der Waals surface area contributed by atoms with Gasteiger partial charge in [0, 0.05) is 327 Å². The van der Waals surface area contributed by atoms with Gasteiger partial charge in [0.25, 0.3) is 0 Å². The smallest absolute Gasteiger partial charge is 0 e. The third kappa shape index (κ3) is 150. The number of rotatable bonds is 0. The maximum Gasteiger partial charge on any atom is 0 e. The van der Waals surface area contributed by atoms with E-state index in [2.05, 4.69) is 27.7 Å². The Bertz CT molecular complexity index is 19.8. The van der Waals surface area contributed by atoms with Crippen LogP contribution in [0.4, 0.5) is 0 Å². The third-order valence-corrected chi connectivity index (χ3v) is 0. The van der Waals surface area contributed by atoms with Gasteiger partial charge < -0.3 is 55.4 Å². The Morgan fingerprint density at radius 3 is 0.333 bits per heavy atom. The molecule has 10 heteroatoms. The Balaban J connectivity index is -0.000000000889. The molecule has 0 saturated carbocycles. The molecule has 0 aliphatic rings. The average molecular weight is 1000 g/mol. The van der Waals surface area contributed by atoms with Crippen molar-refractivity contribution < 1.29 is 327 Å². The Morgan fingerprint density at radius 1 is 0.333 bits per heavy atom. The second kappa shape index (κ2) is 121. The molecule has 0 spiro atoms. The molecule has 0 unspecified atom stereocenters. The zero-order valence-corrected chi connectivity index (χ0v) is 40.4. The zero-order chi connectivity index (χ0) is 5.41. The molecule has 0 aliphatic heterocycles. The summed E-state index contributed by atoms with van der Waals surface area (Å²) in [6.07, 6.45) is 1.50. The predicted octanol–water partition coefficient (Wildman–Crippen LogP) is 2.96. The Morgan fingerprint density at radius 2 is 0.333 bits per heavy atom. The van der Waals surface area contributed by atoms with Gasteiger partial charge in [-0.3, -0.25) is 0 Å². The quantitative estimate of drug-likeness (QED) is 0.328. The van der Waals surface area contributed by atoms with Crippen molar-refractivity contribution in [2.24, 2.45) is 0 Å². The van der Waals surface area contributed by atoms with Crippen LogP contribution in [-0.2, 0) is 327 Å². The van der Waals surface area contributed by atoms with E-state index >= 15 is 0 Å². The SMILES string of the molecule is [CH2-]C[CH2-].[CH2-]C[CH2-].[CH3-].[CH3-].[Y].[Y].[Y].[Y].[Y].[Y].[Y].[Y].[Y].[Y]. The fourth-order valence-corrected chi connectivity index (χ4v) is 0. The molecule has 0 aromatic heterocycles. The Hall–Kier alpha value is 11.0. The average Bonchev–Trinajstić information content (AvgIpc) is 1.39. The second-order valence-electron chi connectivity index (χ2n) is 0.707. The minimum Gasteiger partial charge on any atom is -0.372 e. The molecule has 18 heavy (non-hydrogen) atoms. The van der Waals surface area contributed by atoms with Crippen LogP contribution in [0, 0.1) is 42.5 Å². The van der Waals surface area contributed by atoms with Crippen LogP contribution < -0.4 is 0 Å². The van der Waals surface area contributed by atoms with Gasteiger partial charge in [-0.1, -0.05) is 0 Å². The van der Waals surface area contributed by atoms with E-state index in [0.29, 0.717) is 0 Å². The topological polar surface area (TPSA) is 0 Å². The van der Waals surface area contributed by atoms with Crippen LogP contribution in [0.5, 0.6) is 0 Å². The minimum absolute atomic E-state index is 0. The zero-order valence-electron chi connectivity index (χ0n) is 12.0. The summed E-state index contributed by atoms with van der Waals surface area (Å²) in [6, 6.07) is 0. The van der Waals surface area contributed by atoms with Crippen LogP contribution >= 0.6 is 0 Å². The van der Waals surface area contributed by atoms with Gasteiger partial charge in [0.15, 0.2) is 0 Å². The molecule has 0 fully saturated rings. The number of hydrogen-bond donors (Lipinski definition) is 0. The van der Waals surface area contributed by atoms with E-state index < -0.39 is 0 Å². The van der Waals surface area contributed by atoms with Gasteiger partial charge in [-0.2, -0.15) is 0 Å². The molecular formula is C8H18Y10-6. The monoisotopic (exact) mass is 1000 g/mol. The van der Waals surface area contributed by atoms with Gasteiger partial charge in [0.1, 0.15) is 0 Å². The molecule has 0 bridgehead atoms. The van der Waals surface area contributed by atoms with E-state index in [9.17, 15) is 0 Å². The van der Waals surface area contributed by atoms with Crippen molar-refractivity contribution in [3.63, 3.8) is 0 Å². The van der Waals surface area contributed by atoms with Gasteiger partial charge in [-0.25, -0.2) is 0 Å². The minimum atomic E-state index is 0. The fraction of sp³-hybridized carbons (Fsp3) is 0.250. The molecule has 86 valence electrons. The van der Waals surface area contributed by atoms with Gasteiger partial charge >= 0.3 is 0 Å². The molecule has 0 saturated heterocycles. The normalized spacial score (nSPS) is 2.00. The standard InChI is InChI=1S/2C3H6.2CH3.10Y/c2*1-3-2;;;;;;;;;;;;/h2*1-3H2;2*1H3;;;;;;;;;;/q2*-2;2*-1;;;;;;;;;;. The first kappa shape index (κ1) is 101. The summed E-state index contributed by atoms with van der Waals surface area (Å²) in [5.74, 6) is 0. The van der Waals surface area contributed by atoms with Crippen molar-refractivity contribution in [1.29, 1.82) is 0 Å². The summed E-state index contributed by atoms with van der Waals surface area (Å²) >= 11 is 0. The Labute approximate surface area is 370 Å². The summed E-state index contributed by atoms with van der Waals surface area (Å²) < 4.78 is 0. The molecule has 0 heterocycles. The van der Waals surface area contributed by atoms with E-state index in [-0.39, 0.29) is 342 Å². The second-order valence-corrected chi connectivity index (χ2v) is 0.707. The van der Waals surface area contributed by atoms with Crippen molar-refractivity contribution in [2.45, 2.75) is 12.8 Å². The molecule has 0 aromatic carbocycles. The van der Waals surface area contributed by atoms with Crippen molar-refractivity contribution in [1.82, 2.24) is 0 Å². The van der Waals surface area contributed by atoms with Crippen LogP contribution in [0.25, 0.3) is 0 Å². The molecule has 10 radical (unpaired) electrons. The van der Waals surface area contributed by atoms with Crippen LogP contribution in [0.2, 0.25) is 0 Å². The van der Waals surface area contributed by atoms with Crippen molar-refractivity contribution in [2.75, 3.05) is 0 Å². The van der Waals surface area contributed by atoms with Gasteiger partial charge in [-0.15, -0.1) is 0 Å². The van der Waals surface area contributed by atoms with Crippen molar-refractivity contribution >= 4 is 0 Å². The fourth-order valence-electron chi connectivity index (χ4n) is 0. The van der Waals surface area contributed by atoms with Crippen LogP contribution in [0.3, 0.4) is 0 Å². The molecule has 0 rings (SSSR count). The predicted molar refractivity (Wildman–Crippen MR) is 43.5 cm³/mol. The summed E-state index contributed by atoms with van der Waals surface area (Å²) in [6.45, 7) is 13.5. The van der Waals surface area contributed by atoms with Crippen LogP contribution in [0.1, 0.15) is 12.8 Å². The maximum atomic E-state index is 3.38. The van der Waals surface area contributed by atoms with E-state index in [4.69, 9.17) is 0 Å². The molecule has 0 aliphatic carbocycles. The summed E-state index contributed by atoms with van der Waals surface area (Å²) in [5, 5.41) is 0.